The van der Waals surface area contributed by atoms with E-state index >= 15 is 0 Å². The van der Waals surface area contributed by atoms with Crippen molar-refractivity contribution in [3.05, 3.63) is 47.0 Å². The van der Waals surface area contributed by atoms with Gasteiger partial charge in [-0.1, -0.05) is 17.7 Å². The predicted octanol–water partition coefficient (Wildman–Crippen LogP) is 2.07. The molecule has 0 saturated heterocycles. The monoisotopic (exact) mass is 279 g/mol. The molecule has 0 aliphatic carbocycles. The third-order valence-corrected chi connectivity index (χ3v) is 2.77. The maximum atomic E-state index is 11.6. The number of aromatic nitrogens is 2. The summed E-state index contributed by atoms with van der Waals surface area (Å²) in [6, 6.07) is 5.42. The third kappa shape index (κ3) is 3.99. The molecule has 0 spiro atoms. The summed E-state index contributed by atoms with van der Waals surface area (Å²) < 4.78 is 5.37. The lowest BCUT2D eigenvalue weighted by atomic mass is 10.2. The van der Waals surface area contributed by atoms with Crippen molar-refractivity contribution in [2.45, 2.75) is 13.5 Å². The van der Waals surface area contributed by atoms with Crippen LogP contribution in [0.4, 0.5) is 0 Å². The zero-order valence-corrected chi connectivity index (χ0v) is 11.2. The van der Waals surface area contributed by atoms with Crippen molar-refractivity contribution < 1.29 is 9.53 Å². The zero-order valence-electron chi connectivity index (χ0n) is 10.4. The number of carbonyl (C=O) groups excluding carboxylic acids is 1. The Balaban J connectivity index is 1.81. The van der Waals surface area contributed by atoms with Gasteiger partial charge in [-0.3, -0.25) is 4.79 Å². The molecule has 1 heterocycles. The highest BCUT2D eigenvalue weighted by atomic mass is 35.5. The largest absolute Gasteiger partial charge is 0.482 e. The molecule has 1 aromatic carbocycles. The first-order chi connectivity index (χ1) is 9.15. The minimum atomic E-state index is -0.228. The fourth-order valence-corrected chi connectivity index (χ4v) is 1.66. The maximum absolute atomic E-state index is 11.6. The number of nitrogens with zero attached hydrogens (tertiary/aromatic N) is 1. The molecule has 0 atom stereocenters. The van der Waals surface area contributed by atoms with Crippen LogP contribution < -0.4 is 10.1 Å². The number of imidazole rings is 1. The van der Waals surface area contributed by atoms with Gasteiger partial charge < -0.3 is 15.0 Å². The number of ether oxygens (including phenoxy) is 1. The molecule has 19 heavy (non-hydrogen) atoms. The number of aromatic amines is 1. The van der Waals surface area contributed by atoms with E-state index in [0.717, 1.165) is 5.56 Å². The highest BCUT2D eigenvalue weighted by molar-refractivity contribution is 6.32. The molecule has 1 amide bonds. The van der Waals surface area contributed by atoms with E-state index in [2.05, 4.69) is 15.3 Å². The second-order valence-corrected chi connectivity index (χ2v) is 4.44. The number of halogens is 1. The van der Waals surface area contributed by atoms with E-state index in [1.807, 2.05) is 13.0 Å². The molecule has 2 aromatic rings. The number of hydrogen-bond acceptors (Lipinski definition) is 3. The quantitative estimate of drug-likeness (QED) is 0.880. The van der Waals surface area contributed by atoms with Gasteiger partial charge in [0.25, 0.3) is 5.91 Å². The summed E-state index contributed by atoms with van der Waals surface area (Å²) >= 11 is 5.97. The molecule has 0 fully saturated rings. The molecule has 0 unspecified atom stereocenters. The Morgan fingerprint density at radius 3 is 3.11 bits per heavy atom. The van der Waals surface area contributed by atoms with Crippen molar-refractivity contribution in [1.82, 2.24) is 15.3 Å². The Kier molecular flexibility index (Phi) is 4.41. The molecular formula is C13H14ClN3O2. The molecule has 0 aliphatic heterocycles. The Morgan fingerprint density at radius 1 is 1.53 bits per heavy atom. The summed E-state index contributed by atoms with van der Waals surface area (Å²) in [5.41, 5.74) is 1.02. The third-order valence-electron chi connectivity index (χ3n) is 2.45. The maximum Gasteiger partial charge on any atom is 0.258 e. The number of hydrogen-bond donors (Lipinski definition) is 2. The Morgan fingerprint density at radius 2 is 2.37 bits per heavy atom. The molecule has 6 heteroatoms. The Labute approximate surface area is 116 Å². The van der Waals surface area contributed by atoms with Gasteiger partial charge in [0.1, 0.15) is 11.6 Å². The molecular weight excluding hydrogens is 266 g/mol. The van der Waals surface area contributed by atoms with E-state index in [9.17, 15) is 4.79 Å². The lowest BCUT2D eigenvalue weighted by molar-refractivity contribution is -0.123. The summed E-state index contributed by atoms with van der Waals surface area (Å²) in [5, 5.41) is 3.18. The van der Waals surface area contributed by atoms with Crippen molar-refractivity contribution in [2.75, 3.05) is 6.61 Å². The van der Waals surface area contributed by atoms with Crippen LogP contribution >= 0.6 is 11.6 Å². The number of H-pyrrole nitrogens is 1. The fourth-order valence-electron chi connectivity index (χ4n) is 1.49. The van der Waals surface area contributed by atoms with Gasteiger partial charge in [-0.15, -0.1) is 0 Å². The smallest absolute Gasteiger partial charge is 0.258 e. The lowest BCUT2D eigenvalue weighted by Gasteiger charge is -2.08. The Bertz CT molecular complexity index is 555. The van der Waals surface area contributed by atoms with Crippen LogP contribution in [0.25, 0.3) is 0 Å². The SMILES string of the molecule is Cc1ccc(Cl)c(OCC(=O)NCc2ncc[nH]2)c1. The normalized spacial score (nSPS) is 10.2. The molecule has 2 N–H and O–H groups in total. The van der Waals surface area contributed by atoms with Gasteiger partial charge in [0.2, 0.25) is 0 Å². The minimum Gasteiger partial charge on any atom is -0.482 e. The summed E-state index contributed by atoms with van der Waals surface area (Å²) in [5.74, 6) is 0.978. The lowest BCUT2D eigenvalue weighted by Crippen LogP contribution is -2.28. The summed E-state index contributed by atoms with van der Waals surface area (Å²) in [7, 11) is 0. The number of amides is 1. The van der Waals surface area contributed by atoms with Gasteiger partial charge in [0.05, 0.1) is 11.6 Å². The average Bonchev–Trinajstić information content (AvgIpc) is 2.90. The highest BCUT2D eigenvalue weighted by Crippen LogP contribution is 2.24. The zero-order chi connectivity index (χ0) is 13.7. The van der Waals surface area contributed by atoms with Gasteiger partial charge in [-0.25, -0.2) is 4.98 Å². The minimum absolute atomic E-state index is 0.0795. The standard InChI is InChI=1S/C13H14ClN3O2/c1-9-2-3-10(14)11(6-9)19-8-13(18)17-7-12-15-4-5-16-12/h2-6H,7-8H2,1H3,(H,15,16)(H,17,18). The van der Waals surface area contributed by atoms with Crippen LogP contribution in [0.15, 0.2) is 30.6 Å². The number of nitrogens with one attached hydrogen (secondary N) is 2. The van der Waals surface area contributed by atoms with Crippen LogP contribution in [0.2, 0.25) is 5.02 Å². The van der Waals surface area contributed by atoms with Crippen LogP contribution in [0.3, 0.4) is 0 Å². The summed E-state index contributed by atoms with van der Waals surface area (Å²) in [6.45, 7) is 2.20. The highest BCUT2D eigenvalue weighted by Gasteiger charge is 2.06. The number of benzene rings is 1. The van der Waals surface area contributed by atoms with Crippen LogP contribution in [0, 0.1) is 6.92 Å². The van der Waals surface area contributed by atoms with Gasteiger partial charge in [-0.2, -0.15) is 0 Å². The van der Waals surface area contributed by atoms with E-state index in [0.29, 0.717) is 23.1 Å². The average molecular weight is 280 g/mol. The van der Waals surface area contributed by atoms with Crippen molar-refractivity contribution in [2.24, 2.45) is 0 Å². The van der Waals surface area contributed by atoms with Gasteiger partial charge >= 0.3 is 0 Å². The van der Waals surface area contributed by atoms with E-state index in [-0.39, 0.29) is 12.5 Å². The van der Waals surface area contributed by atoms with E-state index in [1.165, 1.54) is 0 Å². The number of aryl methyl sites for hydroxylation is 1. The molecule has 0 bridgehead atoms. The van der Waals surface area contributed by atoms with E-state index < -0.39 is 0 Å². The van der Waals surface area contributed by atoms with Crippen molar-refractivity contribution in [1.29, 1.82) is 0 Å². The van der Waals surface area contributed by atoms with E-state index in [1.54, 1.807) is 24.5 Å². The van der Waals surface area contributed by atoms with Gasteiger partial charge in [-0.05, 0) is 24.6 Å². The summed E-state index contributed by atoms with van der Waals surface area (Å²) in [4.78, 5) is 18.5. The van der Waals surface area contributed by atoms with Gasteiger partial charge in [0.15, 0.2) is 6.61 Å². The van der Waals surface area contributed by atoms with Crippen LogP contribution in [-0.4, -0.2) is 22.5 Å². The first kappa shape index (κ1) is 13.4. The molecule has 0 aliphatic rings. The number of carbonyl (C=O) groups is 1. The topological polar surface area (TPSA) is 67.0 Å². The second kappa shape index (κ2) is 6.24. The molecule has 0 saturated carbocycles. The second-order valence-electron chi connectivity index (χ2n) is 4.04. The molecule has 100 valence electrons. The molecule has 1 aromatic heterocycles. The molecule has 5 nitrogen and oxygen atoms in total. The first-order valence-corrected chi connectivity index (χ1v) is 6.17. The predicted molar refractivity (Wildman–Crippen MR) is 72.1 cm³/mol. The van der Waals surface area contributed by atoms with Crippen LogP contribution in [0.1, 0.15) is 11.4 Å². The first-order valence-electron chi connectivity index (χ1n) is 5.79. The van der Waals surface area contributed by atoms with Crippen molar-refractivity contribution >= 4 is 17.5 Å². The van der Waals surface area contributed by atoms with Crippen LogP contribution in [0.5, 0.6) is 5.75 Å². The molecule has 2 rings (SSSR count). The van der Waals surface area contributed by atoms with Crippen LogP contribution in [-0.2, 0) is 11.3 Å². The Hall–Kier alpha value is -2.01. The summed E-state index contributed by atoms with van der Waals surface area (Å²) in [6.07, 6.45) is 3.33. The fraction of sp³-hybridized carbons (Fsp3) is 0.231. The van der Waals surface area contributed by atoms with E-state index in [4.69, 9.17) is 16.3 Å². The molecule has 0 radical (unpaired) electrons. The van der Waals surface area contributed by atoms with Crippen molar-refractivity contribution in [3.8, 4) is 5.75 Å². The number of rotatable bonds is 5. The van der Waals surface area contributed by atoms with Crippen molar-refractivity contribution in [3.63, 3.8) is 0 Å². The van der Waals surface area contributed by atoms with Gasteiger partial charge in [0, 0.05) is 12.4 Å².